The Morgan fingerprint density at radius 3 is 2.52 bits per heavy atom. The maximum absolute atomic E-state index is 6.00. The zero-order valence-corrected chi connectivity index (χ0v) is 15.9. The predicted octanol–water partition coefficient (Wildman–Crippen LogP) is 4.71. The van der Waals surface area contributed by atoms with Gasteiger partial charge in [-0.25, -0.2) is 4.98 Å². The summed E-state index contributed by atoms with van der Waals surface area (Å²) in [4.78, 5) is 9.79. The third-order valence-electron chi connectivity index (χ3n) is 4.73. The molecule has 0 fully saturated rings. The molecule has 0 aromatic carbocycles. The van der Waals surface area contributed by atoms with Gasteiger partial charge in [-0.1, -0.05) is 20.8 Å². The standard InChI is InChI=1S/C21H28N4/c1-6-9-25-12-15(5)21-19(25)10-14(4)20(24-21)16-7-8-17(13(2)3)23-18(16)11-22/h7-8,10,12-13H,6,9,11,22H2,1-5H3. The van der Waals surface area contributed by atoms with E-state index in [4.69, 9.17) is 15.7 Å². The van der Waals surface area contributed by atoms with Gasteiger partial charge in [0.2, 0.25) is 0 Å². The summed E-state index contributed by atoms with van der Waals surface area (Å²) in [5, 5.41) is 0. The van der Waals surface area contributed by atoms with Crippen LogP contribution in [0, 0.1) is 13.8 Å². The molecular formula is C21H28N4. The summed E-state index contributed by atoms with van der Waals surface area (Å²) < 4.78 is 2.30. The molecule has 0 bridgehead atoms. The van der Waals surface area contributed by atoms with Crippen molar-refractivity contribution < 1.29 is 0 Å². The number of nitrogens with zero attached hydrogens (tertiary/aromatic N) is 3. The van der Waals surface area contributed by atoms with E-state index in [1.807, 2.05) is 0 Å². The van der Waals surface area contributed by atoms with Gasteiger partial charge in [-0.05, 0) is 55.5 Å². The highest BCUT2D eigenvalue weighted by atomic mass is 15.0. The van der Waals surface area contributed by atoms with Gasteiger partial charge in [0.05, 0.1) is 22.4 Å². The maximum atomic E-state index is 6.00. The first-order chi connectivity index (χ1) is 12.0. The fourth-order valence-electron chi connectivity index (χ4n) is 3.38. The molecule has 3 rings (SSSR count). The maximum Gasteiger partial charge on any atom is 0.0917 e. The lowest BCUT2D eigenvalue weighted by atomic mass is 10.0. The van der Waals surface area contributed by atoms with Crippen LogP contribution in [0.25, 0.3) is 22.3 Å². The molecule has 4 nitrogen and oxygen atoms in total. The molecule has 3 aromatic rings. The fraction of sp³-hybridized carbons (Fsp3) is 0.429. The van der Waals surface area contributed by atoms with E-state index in [9.17, 15) is 0 Å². The second kappa shape index (κ2) is 6.96. The van der Waals surface area contributed by atoms with Gasteiger partial charge in [-0.2, -0.15) is 0 Å². The monoisotopic (exact) mass is 336 g/mol. The molecule has 25 heavy (non-hydrogen) atoms. The highest BCUT2D eigenvalue weighted by molar-refractivity contribution is 5.84. The third kappa shape index (κ3) is 3.19. The molecular weight excluding hydrogens is 308 g/mol. The minimum Gasteiger partial charge on any atom is -0.346 e. The molecule has 3 aromatic heterocycles. The van der Waals surface area contributed by atoms with Crippen LogP contribution in [0.15, 0.2) is 24.4 Å². The van der Waals surface area contributed by atoms with E-state index < -0.39 is 0 Å². The zero-order chi connectivity index (χ0) is 18.1. The summed E-state index contributed by atoms with van der Waals surface area (Å²) in [6, 6.07) is 6.47. The van der Waals surface area contributed by atoms with Gasteiger partial charge in [0.25, 0.3) is 0 Å². The van der Waals surface area contributed by atoms with Crippen LogP contribution in [0.4, 0.5) is 0 Å². The number of hydrogen-bond acceptors (Lipinski definition) is 3. The van der Waals surface area contributed by atoms with E-state index in [1.165, 1.54) is 11.1 Å². The molecule has 0 aliphatic carbocycles. The van der Waals surface area contributed by atoms with Crippen LogP contribution in [0.1, 0.15) is 55.6 Å². The predicted molar refractivity (Wildman–Crippen MR) is 105 cm³/mol. The van der Waals surface area contributed by atoms with Crippen molar-refractivity contribution in [2.24, 2.45) is 5.73 Å². The van der Waals surface area contributed by atoms with Crippen LogP contribution < -0.4 is 5.73 Å². The lowest BCUT2D eigenvalue weighted by Gasteiger charge is -2.13. The molecule has 3 heterocycles. The number of rotatable bonds is 5. The minimum atomic E-state index is 0.390. The molecule has 0 saturated carbocycles. The lowest BCUT2D eigenvalue weighted by molar-refractivity contribution is 0.702. The van der Waals surface area contributed by atoms with Gasteiger partial charge in [-0.3, -0.25) is 4.98 Å². The van der Waals surface area contributed by atoms with Crippen molar-refractivity contribution in [3.05, 3.63) is 46.9 Å². The smallest absolute Gasteiger partial charge is 0.0917 e. The highest BCUT2D eigenvalue weighted by Crippen LogP contribution is 2.30. The van der Waals surface area contributed by atoms with Crippen LogP contribution in [0.2, 0.25) is 0 Å². The minimum absolute atomic E-state index is 0.390. The molecule has 0 unspecified atom stereocenters. The van der Waals surface area contributed by atoms with E-state index >= 15 is 0 Å². The summed E-state index contributed by atoms with van der Waals surface area (Å²) in [5.41, 5.74) is 14.7. The average Bonchev–Trinajstić information content (AvgIpc) is 2.89. The quantitative estimate of drug-likeness (QED) is 0.734. The van der Waals surface area contributed by atoms with Crippen molar-refractivity contribution in [1.82, 2.24) is 14.5 Å². The van der Waals surface area contributed by atoms with Gasteiger partial charge < -0.3 is 10.3 Å². The van der Waals surface area contributed by atoms with Crippen LogP contribution in [-0.4, -0.2) is 14.5 Å². The molecule has 0 aliphatic rings. The van der Waals surface area contributed by atoms with Gasteiger partial charge in [0.15, 0.2) is 0 Å². The second-order valence-electron chi connectivity index (χ2n) is 7.12. The molecule has 0 amide bonds. The second-order valence-corrected chi connectivity index (χ2v) is 7.12. The van der Waals surface area contributed by atoms with Crippen molar-refractivity contribution >= 4 is 11.0 Å². The van der Waals surface area contributed by atoms with Crippen molar-refractivity contribution in [3.63, 3.8) is 0 Å². The lowest BCUT2D eigenvalue weighted by Crippen LogP contribution is -2.07. The number of nitrogens with two attached hydrogens (primary N) is 1. The van der Waals surface area contributed by atoms with Crippen LogP contribution in [-0.2, 0) is 13.1 Å². The molecule has 0 saturated heterocycles. The summed E-state index contributed by atoms with van der Waals surface area (Å²) in [6.45, 7) is 12.2. The highest BCUT2D eigenvalue weighted by Gasteiger charge is 2.15. The molecule has 4 heteroatoms. The average molecular weight is 336 g/mol. The van der Waals surface area contributed by atoms with E-state index in [0.29, 0.717) is 12.5 Å². The number of pyridine rings is 2. The van der Waals surface area contributed by atoms with Crippen LogP contribution >= 0.6 is 0 Å². The number of aromatic nitrogens is 3. The Labute approximate surface area is 150 Å². The van der Waals surface area contributed by atoms with E-state index in [1.54, 1.807) is 0 Å². The molecule has 0 aliphatic heterocycles. The first kappa shape index (κ1) is 17.6. The number of hydrogen-bond donors (Lipinski definition) is 1. The number of aryl methyl sites for hydroxylation is 3. The Kier molecular flexibility index (Phi) is 4.91. The molecule has 2 N–H and O–H groups in total. The SMILES string of the molecule is CCCn1cc(C)c2nc(-c3ccc(C(C)C)nc3CN)c(C)cc21. The van der Waals surface area contributed by atoms with Crippen LogP contribution in [0.3, 0.4) is 0 Å². The van der Waals surface area contributed by atoms with Crippen molar-refractivity contribution in [3.8, 4) is 11.3 Å². The Bertz CT molecular complexity index is 906. The fourth-order valence-corrected chi connectivity index (χ4v) is 3.38. The number of fused-ring (bicyclic) bond motifs is 1. The van der Waals surface area contributed by atoms with E-state index in [2.05, 4.69) is 63.6 Å². The first-order valence-corrected chi connectivity index (χ1v) is 9.13. The Morgan fingerprint density at radius 1 is 1.12 bits per heavy atom. The van der Waals surface area contributed by atoms with Gasteiger partial charge >= 0.3 is 0 Å². The normalized spacial score (nSPS) is 11.6. The molecule has 0 atom stereocenters. The Hall–Kier alpha value is -2.20. The van der Waals surface area contributed by atoms with E-state index in [0.717, 1.165) is 46.7 Å². The van der Waals surface area contributed by atoms with Crippen molar-refractivity contribution in [2.45, 2.75) is 60.0 Å². The van der Waals surface area contributed by atoms with Crippen molar-refractivity contribution in [1.29, 1.82) is 0 Å². The summed E-state index contributed by atoms with van der Waals surface area (Å²) in [7, 11) is 0. The Morgan fingerprint density at radius 2 is 1.88 bits per heavy atom. The Balaban J connectivity index is 2.19. The first-order valence-electron chi connectivity index (χ1n) is 9.13. The summed E-state index contributed by atoms with van der Waals surface area (Å²) in [5.74, 6) is 0.390. The third-order valence-corrected chi connectivity index (χ3v) is 4.73. The van der Waals surface area contributed by atoms with E-state index in [-0.39, 0.29) is 0 Å². The molecule has 0 radical (unpaired) electrons. The van der Waals surface area contributed by atoms with Gasteiger partial charge in [0, 0.05) is 30.5 Å². The molecule has 0 spiro atoms. The van der Waals surface area contributed by atoms with Gasteiger partial charge in [0.1, 0.15) is 0 Å². The van der Waals surface area contributed by atoms with Crippen molar-refractivity contribution in [2.75, 3.05) is 0 Å². The molecule has 132 valence electrons. The zero-order valence-electron chi connectivity index (χ0n) is 15.9. The summed E-state index contributed by atoms with van der Waals surface area (Å²) in [6.07, 6.45) is 3.32. The topological polar surface area (TPSA) is 56.7 Å². The summed E-state index contributed by atoms with van der Waals surface area (Å²) >= 11 is 0. The van der Waals surface area contributed by atoms with Gasteiger partial charge in [-0.15, -0.1) is 0 Å². The largest absolute Gasteiger partial charge is 0.346 e. The van der Waals surface area contributed by atoms with Crippen LogP contribution in [0.5, 0.6) is 0 Å².